The highest BCUT2D eigenvalue weighted by Gasteiger charge is 2.34. The van der Waals surface area contributed by atoms with Crippen LogP contribution in [0.5, 0.6) is 0 Å². The summed E-state index contributed by atoms with van der Waals surface area (Å²) in [5.74, 6) is -0.267. The molecule has 1 aliphatic rings. The monoisotopic (exact) mass is 299 g/mol. The molecule has 1 amide bonds. The largest absolute Gasteiger partial charge is 0.388 e. The minimum absolute atomic E-state index is 0.267. The van der Waals surface area contributed by atoms with Gasteiger partial charge in [-0.05, 0) is 37.5 Å². The second kappa shape index (κ2) is 5.95. The predicted molar refractivity (Wildman–Crippen MR) is 77.3 cm³/mol. The summed E-state index contributed by atoms with van der Waals surface area (Å²) in [6.07, 6.45) is 5.44. The van der Waals surface area contributed by atoms with Crippen molar-refractivity contribution in [2.75, 3.05) is 6.54 Å². The molecule has 2 N–H and O–H groups in total. The minimum Gasteiger partial charge on any atom is -0.388 e. The lowest BCUT2D eigenvalue weighted by Crippen LogP contribution is -2.47. The van der Waals surface area contributed by atoms with E-state index in [4.69, 9.17) is 23.2 Å². The van der Waals surface area contributed by atoms with E-state index in [1.54, 1.807) is 24.3 Å². The number of benzene rings is 1. The molecule has 0 aromatic heterocycles. The lowest BCUT2D eigenvalue weighted by Gasteiger charge is -2.36. The van der Waals surface area contributed by atoms with Gasteiger partial charge in [0.15, 0.2) is 0 Å². The Bertz CT molecular complexity index is 490. The molecule has 1 aromatic rings. The highest BCUT2D eigenvalue weighted by atomic mass is 35.5. The zero-order valence-corrected chi connectivity index (χ0v) is 11.8. The van der Waals surface area contributed by atoms with Crippen LogP contribution in [-0.4, -0.2) is 23.2 Å². The van der Waals surface area contributed by atoms with Gasteiger partial charge >= 0.3 is 0 Å². The molecule has 1 aromatic carbocycles. The maximum Gasteiger partial charge on any atom is 0.244 e. The van der Waals surface area contributed by atoms with Crippen molar-refractivity contribution >= 4 is 35.2 Å². The molecule has 1 aliphatic carbocycles. The third kappa shape index (κ3) is 3.72. The average Bonchev–Trinajstić information content (AvgIpc) is 2.33. The fourth-order valence-electron chi connectivity index (χ4n) is 1.90. The number of nitrogens with one attached hydrogen (secondary N) is 1. The molecule has 2 rings (SSSR count). The van der Waals surface area contributed by atoms with Crippen LogP contribution in [-0.2, 0) is 4.79 Å². The van der Waals surface area contributed by atoms with Crippen LogP contribution in [0.2, 0.25) is 10.0 Å². The van der Waals surface area contributed by atoms with E-state index in [2.05, 4.69) is 5.32 Å². The molecule has 0 aliphatic heterocycles. The Labute approximate surface area is 122 Å². The fourth-order valence-corrected chi connectivity index (χ4v) is 2.42. The lowest BCUT2D eigenvalue weighted by molar-refractivity contribution is -0.118. The van der Waals surface area contributed by atoms with Crippen molar-refractivity contribution < 1.29 is 9.90 Å². The molecule has 0 spiro atoms. The highest BCUT2D eigenvalue weighted by Crippen LogP contribution is 2.30. The van der Waals surface area contributed by atoms with Gasteiger partial charge in [-0.1, -0.05) is 29.3 Å². The van der Waals surface area contributed by atoms with Crippen molar-refractivity contribution in [1.82, 2.24) is 5.32 Å². The molecule has 102 valence electrons. The van der Waals surface area contributed by atoms with Crippen LogP contribution in [0.3, 0.4) is 0 Å². The fraction of sp³-hybridized carbons (Fsp3) is 0.357. The Hall–Kier alpha value is -1.03. The van der Waals surface area contributed by atoms with Crippen LogP contribution in [0, 0.1) is 0 Å². The van der Waals surface area contributed by atoms with E-state index in [1.807, 2.05) is 0 Å². The van der Waals surface area contributed by atoms with E-state index in [-0.39, 0.29) is 12.5 Å². The number of rotatable bonds is 4. The van der Waals surface area contributed by atoms with Gasteiger partial charge in [-0.2, -0.15) is 0 Å². The molecular formula is C14H15Cl2NO2. The van der Waals surface area contributed by atoms with Crippen LogP contribution in [0.1, 0.15) is 24.8 Å². The number of carbonyl (C=O) groups excluding carboxylic acids is 1. The molecule has 0 atom stereocenters. The third-order valence-electron chi connectivity index (χ3n) is 3.28. The molecule has 1 saturated carbocycles. The van der Waals surface area contributed by atoms with Crippen molar-refractivity contribution in [2.45, 2.75) is 24.9 Å². The summed E-state index contributed by atoms with van der Waals surface area (Å²) < 4.78 is 0. The van der Waals surface area contributed by atoms with Gasteiger partial charge in [-0.3, -0.25) is 4.79 Å². The van der Waals surface area contributed by atoms with Crippen molar-refractivity contribution in [2.24, 2.45) is 0 Å². The lowest BCUT2D eigenvalue weighted by atomic mass is 9.80. The molecule has 0 heterocycles. The van der Waals surface area contributed by atoms with Crippen LogP contribution in [0.4, 0.5) is 0 Å². The van der Waals surface area contributed by atoms with Crippen molar-refractivity contribution in [1.29, 1.82) is 0 Å². The Morgan fingerprint density at radius 3 is 2.53 bits per heavy atom. The first kappa shape index (κ1) is 14.4. The number of hydrogen-bond donors (Lipinski definition) is 2. The standard InChI is InChI=1S/C14H15Cl2NO2/c15-11-3-1-4-12(16)10(11)5-6-13(18)17-9-14(19)7-2-8-14/h1,3-6,19H,2,7-9H2,(H,17,18)/b6-5+. The summed E-state index contributed by atoms with van der Waals surface area (Å²) in [6.45, 7) is 0.284. The molecule has 0 saturated heterocycles. The highest BCUT2D eigenvalue weighted by molar-refractivity contribution is 6.37. The molecule has 0 radical (unpaired) electrons. The van der Waals surface area contributed by atoms with Crippen molar-refractivity contribution in [3.8, 4) is 0 Å². The van der Waals surface area contributed by atoms with Gasteiger partial charge in [0.2, 0.25) is 5.91 Å². The molecule has 0 unspecified atom stereocenters. The maximum atomic E-state index is 11.6. The number of carbonyl (C=O) groups is 1. The SMILES string of the molecule is O=C(/C=C/c1c(Cl)cccc1Cl)NCC1(O)CCC1. The molecular weight excluding hydrogens is 285 g/mol. The maximum absolute atomic E-state index is 11.6. The van der Waals surface area contributed by atoms with Gasteiger partial charge in [0.25, 0.3) is 0 Å². The van der Waals surface area contributed by atoms with Crippen LogP contribution in [0.15, 0.2) is 24.3 Å². The number of hydrogen-bond acceptors (Lipinski definition) is 2. The van der Waals surface area contributed by atoms with Gasteiger partial charge < -0.3 is 10.4 Å². The Morgan fingerprint density at radius 1 is 1.37 bits per heavy atom. The van der Waals surface area contributed by atoms with Gasteiger partial charge in [0.05, 0.1) is 5.60 Å². The first-order chi connectivity index (χ1) is 9.00. The summed E-state index contributed by atoms with van der Waals surface area (Å²) in [7, 11) is 0. The van der Waals surface area contributed by atoms with Crippen molar-refractivity contribution in [3.63, 3.8) is 0 Å². The Balaban J connectivity index is 1.93. The molecule has 19 heavy (non-hydrogen) atoms. The smallest absolute Gasteiger partial charge is 0.244 e. The number of aliphatic hydroxyl groups is 1. The van der Waals surface area contributed by atoms with E-state index in [9.17, 15) is 9.90 Å². The van der Waals surface area contributed by atoms with Crippen LogP contribution < -0.4 is 5.32 Å². The Morgan fingerprint density at radius 2 is 2.00 bits per heavy atom. The van der Waals surface area contributed by atoms with Gasteiger partial charge in [0.1, 0.15) is 0 Å². The van der Waals surface area contributed by atoms with E-state index in [1.165, 1.54) is 6.08 Å². The third-order valence-corrected chi connectivity index (χ3v) is 3.94. The van der Waals surface area contributed by atoms with E-state index >= 15 is 0 Å². The summed E-state index contributed by atoms with van der Waals surface area (Å²) in [6, 6.07) is 5.17. The normalized spacial score (nSPS) is 17.2. The number of amides is 1. The quantitative estimate of drug-likeness (QED) is 0.840. The minimum atomic E-state index is -0.717. The average molecular weight is 300 g/mol. The van der Waals surface area contributed by atoms with Gasteiger partial charge in [-0.15, -0.1) is 0 Å². The van der Waals surface area contributed by atoms with Crippen LogP contribution in [0.25, 0.3) is 6.08 Å². The van der Waals surface area contributed by atoms with Gasteiger partial charge in [0, 0.05) is 28.2 Å². The van der Waals surface area contributed by atoms with Crippen LogP contribution >= 0.6 is 23.2 Å². The topological polar surface area (TPSA) is 49.3 Å². The van der Waals surface area contributed by atoms with Gasteiger partial charge in [-0.25, -0.2) is 0 Å². The number of halogens is 2. The first-order valence-corrected chi connectivity index (χ1v) is 6.88. The molecule has 5 heteroatoms. The van der Waals surface area contributed by atoms with E-state index in [0.29, 0.717) is 15.6 Å². The molecule has 3 nitrogen and oxygen atoms in total. The second-order valence-electron chi connectivity index (χ2n) is 4.76. The van der Waals surface area contributed by atoms with E-state index < -0.39 is 5.60 Å². The summed E-state index contributed by atoms with van der Waals surface area (Å²) in [5, 5.41) is 13.5. The van der Waals surface area contributed by atoms with Crippen molar-refractivity contribution in [3.05, 3.63) is 39.9 Å². The van der Waals surface area contributed by atoms with E-state index in [0.717, 1.165) is 19.3 Å². The predicted octanol–water partition coefficient (Wildman–Crippen LogP) is 3.04. The second-order valence-corrected chi connectivity index (χ2v) is 5.58. The Kier molecular flexibility index (Phi) is 4.50. The molecule has 1 fully saturated rings. The first-order valence-electron chi connectivity index (χ1n) is 6.12. The zero-order chi connectivity index (χ0) is 13.9. The summed E-state index contributed by atoms with van der Waals surface area (Å²) in [5.41, 5.74) is -0.103. The summed E-state index contributed by atoms with van der Waals surface area (Å²) in [4.78, 5) is 11.6. The summed E-state index contributed by atoms with van der Waals surface area (Å²) >= 11 is 12.0. The zero-order valence-electron chi connectivity index (χ0n) is 10.3. The molecule has 0 bridgehead atoms.